The number of hydrogen-bond donors (Lipinski definition) is 3. The summed E-state index contributed by atoms with van der Waals surface area (Å²) in [6.07, 6.45) is 1.96. The second-order valence-electron chi connectivity index (χ2n) is 5.26. The van der Waals surface area contributed by atoms with Crippen LogP contribution in [0.4, 0.5) is 0 Å². The Balaban J connectivity index is 2.06. The summed E-state index contributed by atoms with van der Waals surface area (Å²) < 4.78 is 0. The monoisotopic (exact) mass is 284 g/mol. The van der Waals surface area contributed by atoms with E-state index in [1.165, 1.54) is 36.4 Å². The lowest BCUT2D eigenvalue weighted by Gasteiger charge is -2.19. The second-order valence-corrected chi connectivity index (χ2v) is 6.43. The molecule has 2 unspecified atom stereocenters. The lowest BCUT2D eigenvalue weighted by atomic mass is 10.1. The van der Waals surface area contributed by atoms with E-state index in [0.717, 1.165) is 11.4 Å². The van der Waals surface area contributed by atoms with Crippen LogP contribution in [0.25, 0.3) is 0 Å². The Bertz CT molecular complexity index is 398. The van der Waals surface area contributed by atoms with Crippen LogP contribution in [0.2, 0.25) is 0 Å². The molecule has 2 rings (SSSR count). The summed E-state index contributed by atoms with van der Waals surface area (Å²) in [5.41, 5.74) is 1.25. The van der Waals surface area contributed by atoms with Crippen LogP contribution in [0.1, 0.15) is 34.3 Å². The molecule has 0 aromatic carbocycles. The number of aryl methyl sites for hydroxylation is 1. The zero-order chi connectivity index (χ0) is 13.8. The predicted molar refractivity (Wildman–Crippen MR) is 78.5 cm³/mol. The van der Waals surface area contributed by atoms with E-state index in [0.29, 0.717) is 0 Å². The number of rotatable bonds is 6. The second kappa shape index (κ2) is 6.81. The van der Waals surface area contributed by atoms with Gasteiger partial charge in [-0.1, -0.05) is 0 Å². The molecule has 0 aliphatic carbocycles. The Hall–Kier alpha value is -0.460. The molecule has 5 heteroatoms. The SMILES string of the molecule is CNC(CO)C(O)c1cc(C)c(CN2CCCC2)s1. The molecule has 19 heavy (non-hydrogen) atoms. The van der Waals surface area contributed by atoms with Gasteiger partial charge in [-0.25, -0.2) is 0 Å². The zero-order valence-corrected chi connectivity index (χ0v) is 12.5. The van der Waals surface area contributed by atoms with E-state index in [2.05, 4.69) is 23.2 Å². The van der Waals surface area contributed by atoms with Crippen molar-refractivity contribution in [3.63, 3.8) is 0 Å². The van der Waals surface area contributed by atoms with E-state index in [9.17, 15) is 10.2 Å². The maximum atomic E-state index is 10.3. The van der Waals surface area contributed by atoms with Crippen LogP contribution in [0.3, 0.4) is 0 Å². The quantitative estimate of drug-likeness (QED) is 0.736. The fourth-order valence-electron chi connectivity index (χ4n) is 2.54. The number of likely N-dealkylation sites (N-methyl/N-ethyl adjacent to an activating group) is 1. The van der Waals surface area contributed by atoms with Crippen LogP contribution in [0.15, 0.2) is 6.07 Å². The van der Waals surface area contributed by atoms with Gasteiger partial charge >= 0.3 is 0 Å². The van der Waals surface area contributed by atoms with E-state index in [-0.39, 0.29) is 12.6 Å². The van der Waals surface area contributed by atoms with Crippen LogP contribution in [-0.2, 0) is 6.54 Å². The molecule has 0 amide bonds. The van der Waals surface area contributed by atoms with Crippen molar-refractivity contribution in [2.75, 3.05) is 26.7 Å². The summed E-state index contributed by atoms with van der Waals surface area (Å²) in [4.78, 5) is 4.75. The van der Waals surface area contributed by atoms with Crippen molar-refractivity contribution in [2.24, 2.45) is 0 Å². The van der Waals surface area contributed by atoms with Gasteiger partial charge in [-0.2, -0.15) is 0 Å². The predicted octanol–water partition coefficient (Wildman–Crippen LogP) is 1.27. The Morgan fingerprint density at radius 3 is 2.68 bits per heavy atom. The van der Waals surface area contributed by atoms with Gasteiger partial charge in [0.2, 0.25) is 0 Å². The topological polar surface area (TPSA) is 55.7 Å². The van der Waals surface area contributed by atoms with Crippen molar-refractivity contribution < 1.29 is 10.2 Å². The third-order valence-corrected chi connectivity index (χ3v) is 5.14. The van der Waals surface area contributed by atoms with Crippen LogP contribution in [-0.4, -0.2) is 47.9 Å². The van der Waals surface area contributed by atoms with Crippen molar-refractivity contribution in [2.45, 2.75) is 38.5 Å². The van der Waals surface area contributed by atoms with Gasteiger partial charge in [-0.15, -0.1) is 11.3 Å². The highest BCUT2D eigenvalue weighted by molar-refractivity contribution is 7.12. The van der Waals surface area contributed by atoms with Gasteiger partial charge < -0.3 is 15.5 Å². The maximum absolute atomic E-state index is 10.3. The number of nitrogens with one attached hydrogen (secondary N) is 1. The number of hydrogen-bond acceptors (Lipinski definition) is 5. The molecular weight excluding hydrogens is 260 g/mol. The molecule has 0 saturated carbocycles. The number of likely N-dealkylation sites (tertiary alicyclic amines) is 1. The Kier molecular flexibility index (Phi) is 5.36. The van der Waals surface area contributed by atoms with E-state index in [4.69, 9.17) is 0 Å². The van der Waals surface area contributed by atoms with Gasteiger partial charge in [-0.3, -0.25) is 4.90 Å². The Labute approximate surface area is 119 Å². The van der Waals surface area contributed by atoms with E-state index in [1.807, 2.05) is 0 Å². The third-order valence-electron chi connectivity index (χ3n) is 3.85. The molecule has 1 aliphatic heterocycles. The number of aliphatic hydroxyl groups is 2. The first-order chi connectivity index (χ1) is 9.15. The number of nitrogens with zero attached hydrogens (tertiary/aromatic N) is 1. The van der Waals surface area contributed by atoms with Crippen LogP contribution >= 0.6 is 11.3 Å². The van der Waals surface area contributed by atoms with Crippen LogP contribution in [0, 0.1) is 6.92 Å². The molecular formula is C14H24N2O2S. The highest BCUT2D eigenvalue weighted by Gasteiger charge is 2.22. The van der Waals surface area contributed by atoms with Crippen molar-refractivity contribution in [1.82, 2.24) is 10.2 Å². The van der Waals surface area contributed by atoms with Gasteiger partial charge in [0, 0.05) is 16.3 Å². The first kappa shape index (κ1) is 14.9. The zero-order valence-electron chi connectivity index (χ0n) is 11.7. The molecule has 108 valence electrons. The first-order valence-corrected chi connectivity index (χ1v) is 7.75. The molecule has 1 aliphatic rings. The van der Waals surface area contributed by atoms with Gasteiger partial charge in [0.25, 0.3) is 0 Å². The molecule has 2 atom stereocenters. The standard InChI is InChI=1S/C14H24N2O2S/c1-10-7-12(14(18)11(9-17)15-2)19-13(10)8-16-5-3-4-6-16/h7,11,14-15,17-18H,3-6,8-9H2,1-2H3. The molecule has 0 spiro atoms. The minimum absolute atomic E-state index is 0.0595. The molecule has 1 saturated heterocycles. The Morgan fingerprint density at radius 1 is 1.42 bits per heavy atom. The minimum atomic E-state index is -0.633. The molecule has 4 nitrogen and oxygen atoms in total. The fraction of sp³-hybridized carbons (Fsp3) is 0.714. The summed E-state index contributed by atoms with van der Waals surface area (Å²) >= 11 is 1.67. The summed E-state index contributed by atoms with van der Waals surface area (Å²) in [6.45, 7) is 5.41. The third kappa shape index (κ3) is 3.55. The number of thiophene rings is 1. The highest BCUT2D eigenvalue weighted by atomic mass is 32.1. The fourth-order valence-corrected chi connectivity index (χ4v) is 3.81. The summed E-state index contributed by atoms with van der Waals surface area (Å²) in [5, 5.41) is 22.4. The van der Waals surface area contributed by atoms with Crippen molar-refractivity contribution >= 4 is 11.3 Å². The van der Waals surface area contributed by atoms with E-state index < -0.39 is 6.10 Å². The minimum Gasteiger partial charge on any atom is -0.395 e. The maximum Gasteiger partial charge on any atom is 0.106 e. The molecule has 1 aromatic rings. The van der Waals surface area contributed by atoms with E-state index in [1.54, 1.807) is 18.4 Å². The molecule has 0 bridgehead atoms. The first-order valence-electron chi connectivity index (χ1n) is 6.93. The van der Waals surface area contributed by atoms with Crippen molar-refractivity contribution in [1.29, 1.82) is 0 Å². The normalized spacial score (nSPS) is 19.8. The average molecular weight is 284 g/mol. The molecule has 1 aromatic heterocycles. The summed E-state index contributed by atoms with van der Waals surface area (Å²) in [5.74, 6) is 0. The van der Waals surface area contributed by atoms with Crippen molar-refractivity contribution in [3.8, 4) is 0 Å². The Morgan fingerprint density at radius 2 is 2.11 bits per heavy atom. The molecule has 3 N–H and O–H groups in total. The smallest absolute Gasteiger partial charge is 0.106 e. The van der Waals surface area contributed by atoms with Crippen LogP contribution in [0.5, 0.6) is 0 Å². The largest absolute Gasteiger partial charge is 0.395 e. The lowest BCUT2D eigenvalue weighted by Crippen LogP contribution is -2.35. The molecule has 0 radical (unpaired) electrons. The van der Waals surface area contributed by atoms with Crippen LogP contribution < -0.4 is 5.32 Å². The highest BCUT2D eigenvalue weighted by Crippen LogP contribution is 2.30. The van der Waals surface area contributed by atoms with Gasteiger partial charge in [0.15, 0.2) is 0 Å². The summed E-state index contributed by atoms with van der Waals surface area (Å²) in [6, 6.07) is 1.76. The summed E-state index contributed by atoms with van der Waals surface area (Å²) in [7, 11) is 1.76. The van der Waals surface area contributed by atoms with Crippen molar-refractivity contribution in [3.05, 3.63) is 21.4 Å². The lowest BCUT2D eigenvalue weighted by molar-refractivity contribution is 0.0969. The van der Waals surface area contributed by atoms with E-state index >= 15 is 0 Å². The van der Waals surface area contributed by atoms with Gasteiger partial charge in [0.05, 0.1) is 12.6 Å². The molecule has 2 heterocycles. The average Bonchev–Trinajstić information content (AvgIpc) is 3.02. The van der Waals surface area contributed by atoms with Gasteiger partial charge in [-0.05, 0) is 51.5 Å². The molecule has 1 fully saturated rings. The number of aliphatic hydroxyl groups excluding tert-OH is 2. The van der Waals surface area contributed by atoms with Gasteiger partial charge in [0.1, 0.15) is 6.10 Å².